The molecule has 1 nitrogen and oxygen atoms in total. The zero-order valence-electron chi connectivity index (χ0n) is 10.8. The summed E-state index contributed by atoms with van der Waals surface area (Å²) in [6.45, 7) is 5.69. The van der Waals surface area contributed by atoms with Crippen molar-refractivity contribution in [3.63, 3.8) is 0 Å². The fraction of sp³-hybridized carbons (Fsp3) is 0.429. The first-order valence-electron chi connectivity index (χ1n) is 5.83. The van der Waals surface area contributed by atoms with Crippen molar-refractivity contribution in [3.8, 4) is 0 Å². The SMILES string of the molecule is CCC=C(C)C(C)(N)c1ccc(C(F)(F)F)cc1. The third kappa shape index (κ3) is 3.13. The second-order valence-electron chi connectivity index (χ2n) is 4.57. The summed E-state index contributed by atoms with van der Waals surface area (Å²) in [6, 6.07) is 5.02. The van der Waals surface area contributed by atoms with E-state index in [2.05, 4.69) is 0 Å². The Balaban J connectivity index is 3.09. The van der Waals surface area contributed by atoms with Gasteiger partial charge >= 0.3 is 6.18 Å². The molecule has 0 spiro atoms. The molecular weight excluding hydrogens is 239 g/mol. The van der Waals surface area contributed by atoms with Gasteiger partial charge in [0.1, 0.15) is 0 Å². The van der Waals surface area contributed by atoms with Crippen LogP contribution in [0.25, 0.3) is 0 Å². The van der Waals surface area contributed by atoms with Crippen molar-refractivity contribution in [2.45, 2.75) is 38.9 Å². The van der Waals surface area contributed by atoms with Gasteiger partial charge in [0.2, 0.25) is 0 Å². The molecule has 0 aliphatic rings. The van der Waals surface area contributed by atoms with Gasteiger partial charge in [-0.25, -0.2) is 0 Å². The van der Waals surface area contributed by atoms with Crippen LogP contribution in [0.15, 0.2) is 35.9 Å². The molecule has 0 aromatic heterocycles. The van der Waals surface area contributed by atoms with Crippen molar-refractivity contribution in [3.05, 3.63) is 47.0 Å². The van der Waals surface area contributed by atoms with E-state index in [9.17, 15) is 13.2 Å². The average Bonchev–Trinajstić information content (AvgIpc) is 2.28. The van der Waals surface area contributed by atoms with Crippen LogP contribution in [0.1, 0.15) is 38.3 Å². The highest BCUT2D eigenvalue weighted by atomic mass is 19.4. The number of hydrogen-bond acceptors (Lipinski definition) is 1. The Morgan fingerprint density at radius 1 is 1.17 bits per heavy atom. The number of allylic oxidation sites excluding steroid dienone is 1. The van der Waals surface area contributed by atoms with Gasteiger partial charge < -0.3 is 5.73 Å². The Morgan fingerprint density at radius 3 is 2.00 bits per heavy atom. The molecule has 0 bridgehead atoms. The molecule has 2 N–H and O–H groups in total. The minimum atomic E-state index is -4.31. The summed E-state index contributed by atoms with van der Waals surface area (Å²) in [5.41, 5.74) is 6.41. The molecule has 0 aliphatic heterocycles. The fourth-order valence-electron chi connectivity index (χ4n) is 1.75. The van der Waals surface area contributed by atoms with Gasteiger partial charge in [0.25, 0.3) is 0 Å². The summed E-state index contributed by atoms with van der Waals surface area (Å²) >= 11 is 0. The van der Waals surface area contributed by atoms with E-state index in [-0.39, 0.29) is 0 Å². The third-order valence-corrected chi connectivity index (χ3v) is 3.14. The quantitative estimate of drug-likeness (QED) is 0.805. The standard InChI is InChI=1S/C14H18F3N/c1-4-5-10(2)13(3,18)11-6-8-12(9-7-11)14(15,16)17/h5-9H,4,18H2,1-3H3. The molecule has 1 atom stereocenters. The van der Waals surface area contributed by atoms with Crippen LogP contribution in [0.4, 0.5) is 13.2 Å². The van der Waals surface area contributed by atoms with E-state index >= 15 is 0 Å². The summed E-state index contributed by atoms with van der Waals surface area (Å²) in [5, 5.41) is 0. The molecule has 100 valence electrons. The second kappa shape index (κ2) is 5.14. The molecule has 0 amide bonds. The monoisotopic (exact) mass is 257 g/mol. The van der Waals surface area contributed by atoms with Gasteiger partial charge in [0.15, 0.2) is 0 Å². The third-order valence-electron chi connectivity index (χ3n) is 3.14. The van der Waals surface area contributed by atoms with Crippen LogP contribution < -0.4 is 5.73 Å². The first-order chi connectivity index (χ1) is 8.19. The molecule has 4 heteroatoms. The number of nitrogens with two attached hydrogens (primary N) is 1. The predicted molar refractivity (Wildman–Crippen MR) is 67.0 cm³/mol. The molecule has 1 aromatic rings. The Kier molecular flexibility index (Phi) is 4.22. The van der Waals surface area contributed by atoms with E-state index in [1.165, 1.54) is 12.1 Å². The van der Waals surface area contributed by atoms with E-state index < -0.39 is 17.3 Å². The van der Waals surface area contributed by atoms with Crippen molar-refractivity contribution in [1.29, 1.82) is 0 Å². The molecule has 0 saturated heterocycles. The second-order valence-corrected chi connectivity index (χ2v) is 4.57. The van der Waals surface area contributed by atoms with Crippen LogP contribution in [0.2, 0.25) is 0 Å². The van der Waals surface area contributed by atoms with Crippen molar-refractivity contribution >= 4 is 0 Å². The predicted octanol–water partition coefficient (Wildman–Crippen LogP) is 4.24. The molecule has 1 rings (SSSR count). The van der Waals surface area contributed by atoms with Gasteiger partial charge in [-0.3, -0.25) is 0 Å². The maximum atomic E-state index is 12.5. The van der Waals surface area contributed by atoms with Gasteiger partial charge in [0, 0.05) is 0 Å². The number of alkyl halides is 3. The number of hydrogen-bond donors (Lipinski definition) is 1. The van der Waals surface area contributed by atoms with Crippen molar-refractivity contribution in [1.82, 2.24) is 0 Å². The van der Waals surface area contributed by atoms with Crippen LogP contribution in [0.5, 0.6) is 0 Å². The Hall–Kier alpha value is -1.29. The summed E-state index contributed by atoms with van der Waals surface area (Å²) in [7, 11) is 0. The summed E-state index contributed by atoms with van der Waals surface area (Å²) in [6.07, 6.45) is -1.48. The molecule has 0 heterocycles. The largest absolute Gasteiger partial charge is 0.416 e. The van der Waals surface area contributed by atoms with Gasteiger partial charge in [0.05, 0.1) is 11.1 Å². The normalized spacial score (nSPS) is 16.5. The van der Waals surface area contributed by atoms with Crippen LogP contribution in [0, 0.1) is 0 Å². The van der Waals surface area contributed by atoms with E-state index in [1.54, 1.807) is 6.92 Å². The highest BCUT2D eigenvalue weighted by Gasteiger charge is 2.31. The lowest BCUT2D eigenvalue weighted by Crippen LogP contribution is -2.34. The van der Waals surface area contributed by atoms with Gasteiger partial charge in [-0.1, -0.05) is 30.7 Å². The maximum Gasteiger partial charge on any atom is 0.416 e. The smallest absolute Gasteiger partial charge is 0.318 e. The molecule has 0 fully saturated rings. The average molecular weight is 257 g/mol. The number of halogens is 3. The van der Waals surface area contributed by atoms with Crippen molar-refractivity contribution in [2.75, 3.05) is 0 Å². The zero-order chi connectivity index (χ0) is 14.0. The molecule has 0 aliphatic carbocycles. The Labute approximate surface area is 105 Å². The molecule has 0 radical (unpaired) electrons. The van der Waals surface area contributed by atoms with E-state index in [4.69, 9.17) is 5.73 Å². The minimum absolute atomic E-state index is 0.654. The van der Waals surface area contributed by atoms with Crippen LogP contribution in [-0.2, 0) is 11.7 Å². The van der Waals surface area contributed by atoms with E-state index in [0.717, 1.165) is 24.1 Å². The van der Waals surface area contributed by atoms with Crippen LogP contribution in [0.3, 0.4) is 0 Å². The lowest BCUT2D eigenvalue weighted by Gasteiger charge is -2.27. The molecule has 0 saturated carbocycles. The van der Waals surface area contributed by atoms with Crippen LogP contribution >= 0.6 is 0 Å². The molecular formula is C14H18F3N. The number of rotatable bonds is 3. The first-order valence-corrected chi connectivity index (χ1v) is 5.83. The lowest BCUT2D eigenvalue weighted by molar-refractivity contribution is -0.137. The highest BCUT2D eigenvalue weighted by molar-refractivity contribution is 5.35. The molecule has 18 heavy (non-hydrogen) atoms. The topological polar surface area (TPSA) is 26.0 Å². The summed E-state index contributed by atoms with van der Waals surface area (Å²) in [5.74, 6) is 0. The Bertz CT molecular complexity index is 427. The minimum Gasteiger partial charge on any atom is -0.318 e. The zero-order valence-corrected chi connectivity index (χ0v) is 10.8. The van der Waals surface area contributed by atoms with Crippen molar-refractivity contribution in [2.24, 2.45) is 5.73 Å². The van der Waals surface area contributed by atoms with E-state index in [0.29, 0.717) is 5.56 Å². The first kappa shape index (κ1) is 14.8. The van der Waals surface area contributed by atoms with Gasteiger partial charge in [-0.05, 0) is 38.0 Å². The van der Waals surface area contributed by atoms with Crippen molar-refractivity contribution < 1.29 is 13.2 Å². The fourth-order valence-corrected chi connectivity index (χ4v) is 1.75. The molecule has 1 unspecified atom stereocenters. The summed E-state index contributed by atoms with van der Waals surface area (Å²) < 4.78 is 37.4. The van der Waals surface area contributed by atoms with Crippen LogP contribution in [-0.4, -0.2) is 0 Å². The maximum absolute atomic E-state index is 12.5. The summed E-state index contributed by atoms with van der Waals surface area (Å²) in [4.78, 5) is 0. The lowest BCUT2D eigenvalue weighted by atomic mass is 9.85. The van der Waals surface area contributed by atoms with E-state index in [1.807, 2.05) is 19.9 Å². The highest BCUT2D eigenvalue weighted by Crippen LogP contribution is 2.32. The van der Waals surface area contributed by atoms with Gasteiger partial charge in [-0.2, -0.15) is 13.2 Å². The Morgan fingerprint density at radius 2 is 1.61 bits per heavy atom. The molecule has 1 aromatic carbocycles. The van der Waals surface area contributed by atoms with Gasteiger partial charge in [-0.15, -0.1) is 0 Å². The number of benzene rings is 1.